The Morgan fingerprint density at radius 3 is 2.55 bits per heavy atom. The van der Waals surface area contributed by atoms with Crippen LogP contribution in [0.2, 0.25) is 0 Å². The highest BCUT2D eigenvalue weighted by Crippen LogP contribution is 2.25. The largest absolute Gasteiger partial charge is 0.348 e. The van der Waals surface area contributed by atoms with E-state index in [1.54, 1.807) is 24.9 Å². The van der Waals surface area contributed by atoms with Gasteiger partial charge >= 0.3 is 0 Å². The summed E-state index contributed by atoms with van der Waals surface area (Å²) >= 11 is 0. The summed E-state index contributed by atoms with van der Waals surface area (Å²) in [4.78, 5) is 26.2. The van der Waals surface area contributed by atoms with Crippen LogP contribution in [0.1, 0.15) is 15.9 Å². The SMILES string of the molecule is O=C(NCc1ccccc1-n1ccnc1)c1cc(-c2ccncc2)nc2ccccc12. The first-order valence-corrected chi connectivity index (χ1v) is 9.94. The number of carbonyl (C=O) groups is 1. The van der Waals surface area contributed by atoms with E-state index in [1.165, 1.54) is 0 Å². The van der Waals surface area contributed by atoms with Gasteiger partial charge in [-0.15, -0.1) is 0 Å². The zero-order valence-electron chi connectivity index (χ0n) is 16.6. The van der Waals surface area contributed by atoms with Crippen molar-refractivity contribution in [1.29, 1.82) is 0 Å². The molecule has 0 radical (unpaired) electrons. The number of benzene rings is 2. The lowest BCUT2D eigenvalue weighted by atomic mass is 10.0. The highest BCUT2D eigenvalue weighted by atomic mass is 16.1. The Bertz CT molecular complexity index is 1350. The number of rotatable bonds is 5. The molecule has 0 aliphatic heterocycles. The topological polar surface area (TPSA) is 72.7 Å². The molecule has 6 nitrogen and oxygen atoms in total. The second-order valence-electron chi connectivity index (χ2n) is 7.09. The Kier molecular flexibility index (Phi) is 4.94. The lowest BCUT2D eigenvalue weighted by Gasteiger charge is -2.13. The fraction of sp³-hybridized carbons (Fsp3) is 0.0400. The third-order valence-electron chi connectivity index (χ3n) is 5.15. The monoisotopic (exact) mass is 405 g/mol. The summed E-state index contributed by atoms with van der Waals surface area (Å²) in [5.41, 5.74) is 5.02. The van der Waals surface area contributed by atoms with Crippen LogP contribution in [0.4, 0.5) is 0 Å². The molecule has 0 atom stereocenters. The Morgan fingerprint density at radius 2 is 1.71 bits per heavy atom. The molecule has 150 valence electrons. The molecule has 0 aliphatic carbocycles. The zero-order chi connectivity index (χ0) is 21.0. The number of hydrogen-bond donors (Lipinski definition) is 1. The van der Waals surface area contributed by atoms with Crippen molar-refractivity contribution in [3.63, 3.8) is 0 Å². The van der Waals surface area contributed by atoms with Crippen LogP contribution in [0.15, 0.2) is 97.8 Å². The quantitative estimate of drug-likeness (QED) is 0.470. The molecule has 0 bridgehead atoms. The number of amides is 1. The van der Waals surface area contributed by atoms with Crippen LogP contribution in [0, 0.1) is 0 Å². The smallest absolute Gasteiger partial charge is 0.252 e. The lowest BCUT2D eigenvalue weighted by molar-refractivity contribution is 0.0952. The third kappa shape index (κ3) is 3.79. The van der Waals surface area contributed by atoms with Crippen molar-refractivity contribution in [2.75, 3.05) is 0 Å². The van der Waals surface area contributed by atoms with Crippen molar-refractivity contribution in [1.82, 2.24) is 24.8 Å². The lowest BCUT2D eigenvalue weighted by Crippen LogP contribution is -2.24. The van der Waals surface area contributed by atoms with Crippen molar-refractivity contribution in [2.24, 2.45) is 0 Å². The highest BCUT2D eigenvalue weighted by Gasteiger charge is 2.14. The van der Waals surface area contributed by atoms with E-state index >= 15 is 0 Å². The number of carbonyl (C=O) groups excluding carboxylic acids is 1. The second-order valence-corrected chi connectivity index (χ2v) is 7.09. The number of para-hydroxylation sites is 2. The Morgan fingerprint density at radius 1 is 0.903 bits per heavy atom. The van der Waals surface area contributed by atoms with E-state index in [4.69, 9.17) is 4.98 Å². The minimum absolute atomic E-state index is 0.144. The van der Waals surface area contributed by atoms with Crippen LogP contribution < -0.4 is 5.32 Å². The number of imidazole rings is 1. The van der Waals surface area contributed by atoms with Crippen molar-refractivity contribution in [3.8, 4) is 16.9 Å². The summed E-state index contributed by atoms with van der Waals surface area (Å²) in [6, 6.07) is 21.3. The molecule has 3 aromatic heterocycles. The van der Waals surface area contributed by atoms with E-state index in [9.17, 15) is 4.79 Å². The molecule has 2 aromatic carbocycles. The molecule has 3 heterocycles. The normalized spacial score (nSPS) is 10.8. The fourth-order valence-electron chi connectivity index (χ4n) is 3.62. The molecule has 0 saturated heterocycles. The van der Waals surface area contributed by atoms with Gasteiger partial charge < -0.3 is 9.88 Å². The minimum Gasteiger partial charge on any atom is -0.348 e. The molecule has 0 fully saturated rings. The Labute approximate surface area is 179 Å². The van der Waals surface area contributed by atoms with Crippen molar-refractivity contribution >= 4 is 16.8 Å². The second kappa shape index (κ2) is 8.20. The molecule has 0 spiro atoms. The Balaban J connectivity index is 1.48. The summed E-state index contributed by atoms with van der Waals surface area (Å²) < 4.78 is 1.94. The molecule has 0 saturated carbocycles. The van der Waals surface area contributed by atoms with Crippen LogP contribution in [-0.2, 0) is 6.54 Å². The maximum absolute atomic E-state index is 13.2. The predicted octanol–water partition coefficient (Wildman–Crippen LogP) is 4.41. The van der Waals surface area contributed by atoms with Crippen LogP contribution in [-0.4, -0.2) is 25.4 Å². The average molecular weight is 405 g/mol. The van der Waals surface area contributed by atoms with Gasteiger partial charge in [0, 0.05) is 42.3 Å². The van der Waals surface area contributed by atoms with Crippen LogP contribution >= 0.6 is 0 Å². The van der Waals surface area contributed by atoms with Crippen molar-refractivity contribution in [2.45, 2.75) is 6.54 Å². The van der Waals surface area contributed by atoms with Crippen molar-refractivity contribution < 1.29 is 4.79 Å². The number of hydrogen-bond acceptors (Lipinski definition) is 4. The van der Waals surface area contributed by atoms with E-state index in [0.29, 0.717) is 12.1 Å². The number of nitrogens with zero attached hydrogens (tertiary/aromatic N) is 4. The van der Waals surface area contributed by atoms with Gasteiger partial charge in [-0.25, -0.2) is 9.97 Å². The molecule has 5 rings (SSSR count). The molecule has 1 amide bonds. The first-order valence-electron chi connectivity index (χ1n) is 9.94. The van der Waals surface area contributed by atoms with Gasteiger partial charge in [0.15, 0.2) is 0 Å². The Hall–Kier alpha value is -4.32. The first kappa shape index (κ1) is 18.7. The van der Waals surface area contributed by atoms with E-state index in [0.717, 1.165) is 33.4 Å². The van der Waals surface area contributed by atoms with E-state index < -0.39 is 0 Å². The number of pyridine rings is 2. The molecular weight excluding hydrogens is 386 g/mol. The van der Waals surface area contributed by atoms with Crippen LogP contribution in [0.25, 0.3) is 27.8 Å². The maximum Gasteiger partial charge on any atom is 0.252 e. The number of fused-ring (bicyclic) bond motifs is 1. The molecule has 1 N–H and O–H groups in total. The third-order valence-corrected chi connectivity index (χ3v) is 5.15. The molecule has 31 heavy (non-hydrogen) atoms. The molecule has 6 heteroatoms. The van der Waals surface area contributed by atoms with Gasteiger partial charge in [0.05, 0.1) is 28.8 Å². The standard InChI is InChI=1S/C25H19N5O/c31-25(28-16-19-5-1-4-8-24(19)30-14-13-27-17-30)21-15-23(18-9-11-26-12-10-18)29-22-7-3-2-6-20(21)22/h1-15,17H,16H2,(H,28,31). The summed E-state index contributed by atoms with van der Waals surface area (Å²) in [6.07, 6.45) is 8.81. The average Bonchev–Trinajstić information content (AvgIpc) is 3.37. The van der Waals surface area contributed by atoms with Gasteiger partial charge in [-0.05, 0) is 35.9 Å². The maximum atomic E-state index is 13.2. The first-order chi connectivity index (χ1) is 15.3. The summed E-state index contributed by atoms with van der Waals surface area (Å²) in [6.45, 7) is 0.397. The van der Waals surface area contributed by atoms with Crippen molar-refractivity contribution in [3.05, 3.63) is 109 Å². The van der Waals surface area contributed by atoms with Gasteiger partial charge in [-0.3, -0.25) is 9.78 Å². The van der Waals surface area contributed by atoms with E-state index in [1.807, 2.05) is 77.5 Å². The van der Waals surface area contributed by atoms with Gasteiger partial charge in [0.25, 0.3) is 5.91 Å². The summed E-state index contributed by atoms with van der Waals surface area (Å²) in [5, 5.41) is 3.90. The zero-order valence-corrected chi connectivity index (χ0v) is 16.6. The molecule has 5 aromatic rings. The molecular formula is C25H19N5O. The van der Waals surface area contributed by atoms with Crippen LogP contribution in [0.5, 0.6) is 0 Å². The van der Waals surface area contributed by atoms with Crippen LogP contribution in [0.3, 0.4) is 0 Å². The van der Waals surface area contributed by atoms with E-state index in [2.05, 4.69) is 15.3 Å². The summed E-state index contributed by atoms with van der Waals surface area (Å²) in [7, 11) is 0. The summed E-state index contributed by atoms with van der Waals surface area (Å²) in [5.74, 6) is -0.144. The number of nitrogens with one attached hydrogen (secondary N) is 1. The molecule has 0 aliphatic rings. The predicted molar refractivity (Wildman–Crippen MR) is 120 cm³/mol. The number of aromatic nitrogens is 4. The van der Waals surface area contributed by atoms with Gasteiger partial charge in [0.1, 0.15) is 0 Å². The van der Waals surface area contributed by atoms with Gasteiger partial charge in [0.2, 0.25) is 0 Å². The minimum atomic E-state index is -0.144. The highest BCUT2D eigenvalue weighted by molar-refractivity contribution is 6.07. The molecule has 0 unspecified atom stereocenters. The van der Waals surface area contributed by atoms with Gasteiger partial charge in [-0.2, -0.15) is 0 Å². The fourth-order valence-corrected chi connectivity index (χ4v) is 3.62. The van der Waals surface area contributed by atoms with E-state index in [-0.39, 0.29) is 5.91 Å². The van der Waals surface area contributed by atoms with Gasteiger partial charge in [-0.1, -0.05) is 36.4 Å².